The van der Waals surface area contributed by atoms with Crippen LogP contribution in [0, 0.1) is 17.8 Å². The Kier molecular flexibility index (Phi) is 4.84. The molecule has 0 aliphatic heterocycles. The predicted molar refractivity (Wildman–Crippen MR) is 100.0 cm³/mol. The van der Waals surface area contributed by atoms with Gasteiger partial charge in [0.1, 0.15) is 0 Å². The fraction of sp³-hybridized carbons (Fsp3) is 0.450. The molecule has 2 aromatic carbocycles. The van der Waals surface area contributed by atoms with E-state index in [1.807, 2.05) is 11.9 Å². The highest BCUT2D eigenvalue weighted by molar-refractivity contribution is 5.86. The second-order valence-corrected chi connectivity index (χ2v) is 7.27. The quantitative estimate of drug-likeness (QED) is 0.924. The molecule has 2 bridgehead atoms. The van der Waals surface area contributed by atoms with Crippen LogP contribution in [0.25, 0.3) is 10.8 Å². The fourth-order valence-corrected chi connectivity index (χ4v) is 4.72. The van der Waals surface area contributed by atoms with Crippen molar-refractivity contribution in [2.24, 2.45) is 23.5 Å². The molecule has 0 saturated heterocycles. The minimum Gasteiger partial charge on any atom is -0.341 e. The van der Waals surface area contributed by atoms with Crippen LogP contribution in [0.3, 0.4) is 0 Å². The Hall–Kier alpha value is -1.58. The number of benzene rings is 2. The van der Waals surface area contributed by atoms with E-state index in [-0.39, 0.29) is 30.3 Å². The smallest absolute Gasteiger partial charge is 0.227 e. The van der Waals surface area contributed by atoms with Crippen LogP contribution in [0.4, 0.5) is 0 Å². The van der Waals surface area contributed by atoms with Crippen molar-refractivity contribution in [3.8, 4) is 0 Å². The Bertz CT molecular complexity index is 740. The molecule has 3 nitrogen and oxygen atoms in total. The lowest BCUT2D eigenvalue weighted by atomic mass is 9.84. The molecule has 2 aliphatic rings. The maximum Gasteiger partial charge on any atom is 0.227 e. The number of amides is 1. The van der Waals surface area contributed by atoms with E-state index in [1.165, 1.54) is 29.2 Å². The number of hydrogen-bond acceptors (Lipinski definition) is 2. The Labute approximate surface area is 149 Å². The molecule has 1 amide bonds. The van der Waals surface area contributed by atoms with Crippen molar-refractivity contribution in [2.45, 2.75) is 31.8 Å². The molecule has 2 aliphatic carbocycles. The van der Waals surface area contributed by atoms with Crippen molar-refractivity contribution in [2.75, 3.05) is 7.05 Å². The molecule has 24 heavy (non-hydrogen) atoms. The van der Waals surface area contributed by atoms with Gasteiger partial charge in [-0.3, -0.25) is 4.79 Å². The fourth-order valence-electron chi connectivity index (χ4n) is 4.72. The molecule has 0 spiro atoms. The third-order valence-electron chi connectivity index (χ3n) is 5.93. The predicted octanol–water partition coefficient (Wildman–Crippen LogP) is 3.59. The Morgan fingerprint density at radius 1 is 1.12 bits per heavy atom. The molecule has 0 heterocycles. The molecule has 2 aromatic rings. The van der Waals surface area contributed by atoms with Gasteiger partial charge in [0.25, 0.3) is 0 Å². The maximum absolute atomic E-state index is 12.9. The molecular weight excluding hydrogens is 320 g/mol. The van der Waals surface area contributed by atoms with E-state index in [0.717, 1.165) is 6.42 Å². The Morgan fingerprint density at radius 2 is 1.83 bits per heavy atom. The number of halogens is 1. The van der Waals surface area contributed by atoms with Crippen molar-refractivity contribution >= 4 is 29.1 Å². The number of hydrogen-bond donors (Lipinski definition) is 1. The van der Waals surface area contributed by atoms with Crippen molar-refractivity contribution in [1.82, 2.24) is 4.90 Å². The first-order chi connectivity index (χ1) is 11.1. The second kappa shape index (κ2) is 6.73. The lowest BCUT2D eigenvalue weighted by Crippen LogP contribution is -2.45. The summed E-state index contributed by atoms with van der Waals surface area (Å²) in [5.41, 5.74) is 7.54. The number of nitrogens with zero attached hydrogens (tertiary/aromatic N) is 1. The lowest BCUT2D eigenvalue weighted by molar-refractivity contribution is -0.136. The molecule has 128 valence electrons. The molecule has 4 rings (SSSR count). The van der Waals surface area contributed by atoms with Crippen LogP contribution in [0.2, 0.25) is 0 Å². The molecule has 0 radical (unpaired) electrons. The molecule has 0 aromatic heterocycles. The summed E-state index contributed by atoms with van der Waals surface area (Å²) < 4.78 is 0. The van der Waals surface area contributed by atoms with Gasteiger partial charge in [-0.2, -0.15) is 0 Å². The Morgan fingerprint density at radius 3 is 2.58 bits per heavy atom. The molecule has 2 fully saturated rings. The second-order valence-electron chi connectivity index (χ2n) is 7.27. The van der Waals surface area contributed by atoms with E-state index in [2.05, 4.69) is 42.5 Å². The molecule has 2 saturated carbocycles. The van der Waals surface area contributed by atoms with Gasteiger partial charge in [-0.1, -0.05) is 42.5 Å². The summed E-state index contributed by atoms with van der Waals surface area (Å²) in [6.07, 6.45) is 3.54. The minimum atomic E-state index is 0. The van der Waals surface area contributed by atoms with Crippen LogP contribution in [0.15, 0.2) is 42.5 Å². The molecule has 2 N–H and O–H groups in total. The van der Waals surface area contributed by atoms with E-state index >= 15 is 0 Å². The monoisotopic (exact) mass is 344 g/mol. The highest BCUT2D eigenvalue weighted by Crippen LogP contribution is 2.48. The summed E-state index contributed by atoms with van der Waals surface area (Å²) in [5, 5.41) is 2.45. The first kappa shape index (κ1) is 17.2. The summed E-state index contributed by atoms with van der Waals surface area (Å²) in [7, 11) is 1.92. The number of nitrogens with two attached hydrogens (primary N) is 1. The standard InChI is InChI=1S/C20H24N2O.ClH/c1-22(20(23)18-14-9-10-15(11-14)19(18)21)12-16-7-4-6-13-5-2-3-8-17(13)16;/h2-8,14-15,18-19H,9-12,21H2,1H3;1H. The van der Waals surface area contributed by atoms with E-state index in [9.17, 15) is 4.79 Å². The number of carbonyl (C=O) groups is 1. The first-order valence-electron chi connectivity index (χ1n) is 8.62. The normalized spacial score (nSPS) is 27.9. The zero-order valence-electron chi connectivity index (χ0n) is 14.0. The Balaban J connectivity index is 0.00000169. The molecule has 4 heteroatoms. The van der Waals surface area contributed by atoms with Gasteiger partial charge in [0, 0.05) is 19.6 Å². The molecule has 4 unspecified atom stereocenters. The summed E-state index contributed by atoms with van der Waals surface area (Å²) in [6.45, 7) is 0.654. The van der Waals surface area contributed by atoms with Crippen LogP contribution in [0.5, 0.6) is 0 Å². The minimum absolute atomic E-state index is 0. The average Bonchev–Trinajstić information content (AvgIpc) is 3.15. The van der Waals surface area contributed by atoms with Gasteiger partial charge in [-0.25, -0.2) is 0 Å². The van der Waals surface area contributed by atoms with Gasteiger partial charge >= 0.3 is 0 Å². The maximum atomic E-state index is 12.9. The first-order valence-corrected chi connectivity index (χ1v) is 8.62. The van der Waals surface area contributed by atoms with Gasteiger partial charge < -0.3 is 10.6 Å². The zero-order chi connectivity index (χ0) is 16.0. The topological polar surface area (TPSA) is 46.3 Å². The van der Waals surface area contributed by atoms with Gasteiger partial charge in [0.05, 0.1) is 5.92 Å². The largest absolute Gasteiger partial charge is 0.341 e. The third kappa shape index (κ3) is 2.80. The van der Waals surface area contributed by atoms with Crippen LogP contribution in [-0.2, 0) is 11.3 Å². The van der Waals surface area contributed by atoms with Gasteiger partial charge in [-0.05, 0) is 47.4 Å². The summed E-state index contributed by atoms with van der Waals surface area (Å²) in [4.78, 5) is 14.8. The summed E-state index contributed by atoms with van der Waals surface area (Å²) >= 11 is 0. The lowest BCUT2D eigenvalue weighted by Gasteiger charge is -2.31. The van der Waals surface area contributed by atoms with E-state index in [4.69, 9.17) is 5.73 Å². The van der Waals surface area contributed by atoms with Gasteiger partial charge in [0.15, 0.2) is 0 Å². The van der Waals surface area contributed by atoms with Crippen LogP contribution in [0.1, 0.15) is 24.8 Å². The zero-order valence-corrected chi connectivity index (χ0v) is 14.8. The number of carbonyl (C=O) groups excluding carboxylic acids is 1. The summed E-state index contributed by atoms with van der Waals surface area (Å²) in [5.74, 6) is 1.35. The van der Waals surface area contributed by atoms with E-state index < -0.39 is 0 Å². The van der Waals surface area contributed by atoms with Crippen molar-refractivity contribution in [3.05, 3.63) is 48.0 Å². The van der Waals surface area contributed by atoms with E-state index in [1.54, 1.807) is 0 Å². The van der Waals surface area contributed by atoms with Gasteiger partial charge in [-0.15, -0.1) is 12.4 Å². The highest BCUT2D eigenvalue weighted by atomic mass is 35.5. The molecule has 4 atom stereocenters. The van der Waals surface area contributed by atoms with E-state index in [0.29, 0.717) is 18.4 Å². The van der Waals surface area contributed by atoms with Gasteiger partial charge in [0.2, 0.25) is 5.91 Å². The van der Waals surface area contributed by atoms with Crippen molar-refractivity contribution < 1.29 is 4.79 Å². The average molecular weight is 345 g/mol. The number of rotatable bonds is 3. The number of fused-ring (bicyclic) bond motifs is 3. The third-order valence-corrected chi connectivity index (χ3v) is 5.93. The molecular formula is C20H25ClN2O. The highest BCUT2D eigenvalue weighted by Gasteiger charge is 2.49. The summed E-state index contributed by atoms with van der Waals surface area (Å²) in [6, 6.07) is 14.7. The van der Waals surface area contributed by atoms with Crippen molar-refractivity contribution in [1.29, 1.82) is 0 Å². The van der Waals surface area contributed by atoms with Crippen molar-refractivity contribution in [3.63, 3.8) is 0 Å². The van der Waals surface area contributed by atoms with Crippen LogP contribution < -0.4 is 5.73 Å². The van der Waals surface area contributed by atoms with Crippen LogP contribution >= 0.6 is 12.4 Å². The SMILES string of the molecule is CN(Cc1cccc2ccccc12)C(=O)C1C2CCC(C2)C1N.Cl. The van der Waals surface area contributed by atoms with Crippen LogP contribution in [-0.4, -0.2) is 23.9 Å².